The third kappa shape index (κ3) is 4.57. The summed E-state index contributed by atoms with van der Waals surface area (Å²) in [5, 5.41) is 35.0. The third-order valence-electron chi connectivity index (χ3n) is 6.03. The van der Waals surface area contributed by atoms with Crippen molar-refractivity contribution in [3.05, 3.63) is 69.6 Å². The predicted molar refractivity (Wildman–Crippen MR) is 147 cm³/mol. The van der Waals surface area contributed by atoms with Crippen molar-refractivity contribution in [2.75, 3.05) is 16.8 Å². The molecule has 7 nitrogen and oxygen atoms in total. The van der Waals surface area contributed by atoms with Crippen LogP contribution >= 0.6 is 34.4 Å². The van der Waals surface area contributed by atoms with Crippen LogP contribution in [0.5, 0.6) is 0 Å². The van der Waals surface area contributed by atoms with Crippen LogP contribution in [0.2, 0.25) is 0 Å². The van der Waals surface area contributed by atoms with Gasteiger partial charge in [0.05, 0.1) is 11.1 Å². The molecule has 0 radical (unpaired) electrons. The normalized spacial score (nSPS) is 11.5. The molecule has 1 aromatic carbocycles. The quantitative estimate of drug-likeness (QED) is 0.289. The maximum absolute atomic E-state index is 12.8. The van der Waals surface area contributed by atoms with Crippen LogP contribution < -0.4 is 11.1 Å². The highest BCUT2D eigenvalue weighted by atomic mass is 32.2. The Morgan fingerprint density at radius 2 is 1.84 bits per heavy atom. The number of aryl methyl sites for hydroxylation is 1. The fraction of sp³-hybridized carbons (Fsp3) is 0.148. The molecule has 0 aliphatic heterocycles. The van der Waals surface area contributed by atoms with Gasteiger partial charge in [0.1, 0.15) is 39.6 Å². The summed E-state index contributed by atoms with van der Waals surface area (Å²) in [4.78, 5) is 18.9. The van der Waals surface area contributed by atoms with E-state index in [0.717, 1.165) is 33.7 Å². The molecule has 0 atom stereocenters. The number of nitrogens with one attached hydrogen (secondary N) is 1. The summed E-state index contributed by atoms with van der Waals surface area (Å²) in [5.74, 6) is 0.174. The highest BCUT2D eigenvalue weighted by Gasteiger charge is 2.25. The van der Waals surface area contributed by atoms with Gasteiger partial charge in [0.15, 0.2) is 0 Å². The van der Waals surface area contributed by atoms with Gasteiger partial charge in [-0.2, -0.15) is 15.8 Å². The first-order valence-electron chi connectivity index (χ1n) is 11.3. The topological polar surface area (TPSA) is 139 Å². The van der Waals surface area contributed by atoms with Gasteiger partial charge in [0.2, 0.25) is 5.91 Å². The van der Waals surface area contributed by atoms with E-state index in [1.807, 2.05) is 29.6 Å². The number of fused-ring (bicyclic) bond motifs is 3. The lowest BCUT2D eigenvalue weighted by Gasteiger charge is -2.15. The van der Waals surface area contributed by atoms with Crippen molar-refractivity contribution in [2.24, 2.45) is 0 Å². The minimum Gasteiger partial charge on any atom is -0.383 e. The van der Waals surface area contributed by atoms with Crippen LogP contribution in [0.3, 0.4) is 0 Å². The zero-order chi connectivity index (χ0) is 25.9. The molecule has 3 heterocycles. The van der Waals surface area contributed by atoms with Crippen LogP contribution in [0.4, 0.5) is 10.8 Å². The molecular formula is C27H18N6OS3. The van der Waals surface area contributed by atoms with E-state index in [1.165, 1.54) is 40.0 Å². The molecule has 0 bridgehead atoms. The van der Waals surface area contributed by atoms with E-state index >= 15 is 0 Å². The highest BCUT2D eigenvalue weighted by Crippen LogP contribution is 2.45. The number of carbonyl (C=O) groups excluding carboxylic acids is 1. The molecule has 180 valence electrons. The van der Waals surface area contributed by atoms with Gasteiger partial charge in [0, 0.05) is 27.5 Å². The molecule has 0 fully saturated rings. The van der Waals surface area contributed by atoms with Crippen LogP contribution in [-0.4, -0.2) is 16.6 Å². The zero-order valence-corrected chi connectivity index (χ0v) is 21.8. The van der Waals surface area contributed by atoms with Gasteiger partial charge in [0.25, 0.3) is 0 Å². The van der Waals surface area contributed by atoms with Crippen molar-refractivity contribution in [1.29, 1.82) is 15.8 Å². The molecule has 5 rings (SSSR count). The average molecular weight is 539 g/mol. The number of carbonyl (C=O) groups is 1. The van der Waals surface area contributed by atoms with Crippen molar-refractivity contribution >= 4 is 51.2 Å². The third-order valence-corrected chi connectivity index (χ3v) is 9.07. The lowest BCUT2D eigenvalue weighted by Crippen LogP contribution is -2.12. The minimum atomic E-state index is -0.227. The summed E-state index contributed by atoms with van der Waals surface area (Å²) in [6.07, 6.45) is 1.79. The first-order chi connectivity index (χ1) is 18.0. The lowest BCUT2D eigenvalue weighted by atomic mass is 9.90. The van der Waals surface area contributed by atoms with E-state index in [4.69, 9.17) is 5.73 Å². The SMILES string of the molecule is N#Cc1c(NC(=O)CCSc2nc(N)c(C#N)c(-c3cccs3)c2C#N)sc2c1CCc1ccccc1-2. The number of nitrogens with zero attached hydrogens (tertiary/aromatic N) is 4. The second-order valence-corrected chi connectivity index (χ2v) is 11.2. The van der Waals surface area contributed by atoms with Crippen molar-refractivity contribution in [2.45, 2.75) is 24.3 Å². The van der Waals surface area contributed by atoms with Gasteiger partial charge in [-0.3, -0.25) is 4.79 Å². The number of benzene rings is 1. The highest BCUT2D eigenvalue weighted by molar-refractivity contribution is 7.99. The number of hydrogen-bond acceptors (Lipinski definition) is 9. The van der Waals surface area contributed by atoms with Gasteiger partial charge in [-0.1, -0.05) is 30.3 Å². The van der Waals surface area contributed by atoms with E-state index < -0.39 is 0 Å². The number of thioether (sulfide) groups is 1. The van der Waals surface area contributed by atoms with Crippen molar-refractivity contribution in [3.8, 4) is 39.1 Å². The summed E-state index contributed by atoms with van der Waals surface area (Å²) in [7, 11) is 0. The fourth-order valence-electron chi connectivity index (χ4n) is 4.35. The molecule has 10 heteroatoms. The summed E-state index contributed by atoms with van der Waals surface area (Å²) in [6.45, 7) is 0. The molecule has 0 spiro atoms. The van der Waals surface area contributed by atoms with Crippen LogP contribution in [0.25, 0.3) is 20.9 Å². The minimum absolute atomic E-state index is 0.0555. The second kappa shape index (κ2) is 10.5. The molecule has 0 saturated carbocycles. The number of rotatable bonds is 6. The van der Waals surface area contributed by atoms with E-state index in [0.29, 0.717) is 26.9 Å². The molecule has 1 amide bonds. The Kier molecular flexibility index (Phi) is 6.94. The Morgan fingerprint density at radius 3 is 2.57 bits per heavy atom. The average Bonchev–Trinajstić information content (AvgIpc) is 3.56. The molecule has 4 aromatic rings. The van der Waals surface area contributed by atoms with Crippen LogP contribution in [-0.2, 0) is 17.6 Å². The molecule has 0 saturated heterocycles. The van der Waals surface area contributed by atoms with Crippen LogP contribution in [0.15, 0.2) is 46.8 Å². The van der Waals surface area contributed by atoms with Crippen LogP contribution in [0.1, 0.15) is 34.2 Å². The van der Waals surface area contributed by atoms with E-state index in [-0.39, 0.29) is 29.3 Å². The summed E-state index contributed by atoms with van der Waals surface area (Å²) in [6, 6.07) is 18.3. The number of aromatic nitrogens is 1. The Balaban J connectivity index is 1.33. The Morgan fingerprint density at radius 1 is 1.05 bits per heavy atom. The summed E-state index contributed by atoms with van der Waals surface area (Å²) >= 11 is 4.09. The summed E-state index contributed by atoms with van der Waals surface area (Å²) in [5.41, 5.74) is 10.9. The maximum atomic E-state index is 12.8. The smallest absolute Gasteiger partial charge is 0.225 e. The standard InChI is InChI=1S/C27H18N6OS3/c28-12-18-17-8-7-15-4-1-2-5-16(15)24(17)37-27(18)32-22(34)9-11-36-26-20(14-30)23(21-6-3-10-35-21)19(13-29)25(31)33-26/h1-6,10H,7-9,11H2,(H2,31,33)(H,32,34). The fourth-order valence-corrected chi connectivity index (χ4v) is 7.34. The Hall–Kier alpha value is -4.14. The number of nitriles is 3. The molecule has 3 N–H and O–H groups in total. The molecule has 0 unspecified atom stereocenters. The van der Waals surface area contributed by atoms with Gasteiger partial charge in [-0.05, 0) is 41.0 Å². The number of pyridine rings is 1. The molecule has 37 heavy (non-hydrogen) atoms. The first-order valence-corrected chi connectivity index (χ1v) is 14.0. The van der Waals surface area contributed by atoms with Gasteiger partial charge < -0.3 is 11.1 Å². The monoisotopic (exact) mass is 538 g/mol. The maximum Gasteiger partial charge on any atom is 0.225 e. The number of anilines is 2. The van der Waals surface area contributed by atoms with Crippen molar-refractivity contribution in [1.82, 2.24) is 4.98 Å². The number of nitrogens with two attached hydrogens (primary N) is 1. The molecule has 1 aliphatic carbocycles. The van der Waals surface area contributed by atoms with E-state index in [9.17, 15) is 20.6 Å². The summed E-state index contributed by atoms with van der Waals surface area (Å²) < 4.78 is 0. The van der Waals surface area contributed by atoms with Gasteiger partial charge in [-0.25, -0.2) is 4.98 Å². The molecular weight excluding hydrogens is 521 g/mol. The number of thiophene rings is 2. The first kappa shape index (κ1) is 24.5. The van der Waals surface area contributed by atoms with E-state index in [1.54, 1.807) is 0 Å². The number of nitrogen functional groups attached to an aromatic ring is 1. The molecule has 1 aliphatic rings. The van der Waals surface area contributed by atoms with Crippen molar-refractivity contribution in [3.63, 3.8) is 0 Å². The Bertz CT molecular complexity index is 1650. The zero-order valence-electron chi connectivity index (χ0n) is 19.4. The second-order valence-electron chi connectivity index (χ2n) is 8.16. The van der Waals surface area contributed by atoms with E-state index in [2.05, 4.69) is 40.6 Å². The van der Waals surface area contributed by atoms with Gasteiger partial charge in [-0.15, -0.1) is 34.4 Å². The largest absolute Gasteiger partial charge is 0.383 e. The lowest BCUT2D eigenvalue weighted by molar-refractivity contribution is -0.115. The predicted octanol–water partition coefficient (Wildman–Crippen LogP) is 5.96. The number of hydrogen-bond donors (Lipinski definition) is 2. The Labute approximate surface area is 225 Å². The number of amides is 1. The molecule has 3 aromatic heterocycles. The van der Waals surface area contributed by atoms with Crippen molar-refractivity contribution < 1.29 is 4.79 Å². The van der Waals surface area contributed by atoms with Gasteiger partial charge >= 0.3 is 0 Å². The van der Waals surface area contributed by atoms with Crippen LogP contribution in [0, 0.1) is 34.0 Å².